The number of nitrogen functional groups attached to an aromatic ring is 1. The van der Waals surface area contributed by atoms with Crippen LogP contribution in [-0.2, 0) is 19.1 Å². The average Bonchev–Trinajstić information content (AvgIpc) is 3.86. The second-order valence-electron chi connectivity index (χ2n) is 8.59. The van der Waals surface area contributed by atoms with Gasteiger partial charge >= 0.3 is 11.9 Å². The predicted octanol–water partition coefficient (Wildman–Crippen LogP) is 2.12. The molecule has 0 aromatic carbocycles. The molecule has 2 saturated carbocycles. The van der Waals surface area contributed by atoms with Crippen molar-refractivity contribution in [1.82, 2.24) is 29.2 Å². The monoisotopic (exact) mass is 556 g/mol. The van der Waals surface area contributed by atoms with Crippen LogP contribution in [-0.4, -0.2) is 66.5 Å². The quantitative estimate of drug-likeness (QED) is 0.271. The fourth-order valence-corrected chi connectivity index (χ4v) is 3.48. The molecule has 4 heterocycles. The molecule has 6 rings (SSSR count). The Labute approximate surface area is 226 Å². The van der Waals surface area contributed by atoms with Crippen LogP contribution in [0, 0.1) is 11.8 Å². The van der Waals surface area contributed by atoms with Crippen molar-refractivity contribution in [3.05, 3.63) is 47.8 Å². The minimum Gasteiger partial charge on any atom is -0.464 e. The molecule has 0 spiro atoms. The van der Waals surface area contributed by atoms with E-state index in [0.29, 0.717) is 17.0 Å². The van der Waals surface area contributed by atoms with Crippen molar-refractivity contribution in [3.8, 4) is 0 Å². The van der Waals surface area contributed by atoms with Crippen molar-refractivity contribution in [2.75, 3.05) is 25.3 Å². The molecule has 15 heteroatoms. The molecule has 3 N–H and O–H groups in total. The Kier molecular flexibility index (Phi) is 8.34. The molecule has 204 valence electrons. The number of carbonyl (C=O) groups is 4. The molecule has 14 nitrogen and oxygen atoms in total. The van der Waals surface area contributed by atoms with Crippen molar-refractivity contribution in [1.29, 1.82) is 0 Å². The molecule has 2 fully saturated rings. The Morgan fingerprint density at radius 3 is 1.82 bits per heavy atom. The Hall–Kier alpha value is -4.59. The van der Waals surface area contributed by atoms with Crippen LogP contribution >= 0.6 is 11.6 Å². The summed E-state index contributed by atoms with van der Waals surface area (Å²) in [5.41, 5.74) is 6.97. The summed E-state index contributed by atoms with van der Waals surface area (Å²) in [6, 6.07) is 9.95. The highest BCUT2D eigenvalue weighted by Crippen LogP contribution is 2.31. The summed E-state index contributed by atoms with van der Waals surface area (Å²) < 4.78 is 12.0. The summed E-state index contributed by atoms with van der Waals surface area (Å²) in [5, 5.41) is 10.5. The number of halogens is 1. The summed E-state index contributed by atoms with van der Waals surface area (Å²) in [5.74, 6) is -0.417. The van der Waals surface area contributed by atoms with E-state index in [1.54, 1.807) is 36.4 Å². The van der Waals surface area contributed by atoms with Gasteiger partial charge in [0.25, 0.3) is 0 Å². The molecule has 4 aromatic rings. The Morgan fingerprint density at radius 2 is 1.36 bits per heavy atom. The maximum Gasteiger partial charge on any atom is 0.356 e. The smallest absolute Gasteiger partial charge is 0.356 e. The molecule has 0 aliphatic heterocycles. The number of methoxy groups -OCH3 is 2. The lowest BCUT2D eigenvalue weighted by Crippen LogP contribution is -2.14. The van der Waals surface area contributed by atoms with E-state index >= 15 is 0 Å². The van der Waals surface area contributed by atoms with Crippen LogP contribution in [0.2, 0.25) is 0 Å². The van der Waals surface area contributed by atoms with Crippen molar-refractivity contribution in [2.45, 2.75) is 25.7 Å². The minimum absolute atomic E-state index is 0.0736. The van der Waals surface area contributed by atoms with Gasteiger partial charge in [0, 0.05) is 11.8 Å². The van der Waals surface area contributed by atoms with Crippen molar-refractivity contribution >= 4 is 57.9 Å². The molecular formula is C24H25ClN8O6. The maximum absolute atomic E-state index is 11.6. The first kappa shape index (κ1) is 27.4. The standard InChI is InChI=1S/C12H12N4O3.C8H8N4O2.C4H5ClO/c1-19-11(18)8-3-2-4-9-13-12(15-16(8)9)14-10(17)7-5-6-7;1-14-7(13)5-3-2-4-6-10-8(9)11-12(5)6;5-4(6)3-1-2-3/h2-4,7H,5-6H2,1H3,(H,14,15,17);2-4H,1H3,(H2,9,11);3H,1-2H2. The molecule has 0 atom stereocenters. The van der Waals surface area contributed by atoms with Crippen LogP contribution in [0.5, 0.6) is 0 Å². The summed E-state index contributed by atoms with van der Waals surface area (Å²) in [4.78, 5) is 52.5. The fraction of sp³-hybridized carbons (Fsp3) is 0.333. The molecule has 0 saturated heterocycles. The second-order valence-corrected chi connectivity index (χ2v) is 8.97. The summed E-state index contributed by atoms with van der Waals surface area (Å²) in [6.07, 6.45) is 3.85. The van der Waals surface area contributed by atoms with Crippen molar-refractivity contribution in [3.63, 3.8) is 0 Å². The highest BCUT2D eigenvalue weighted by Gasteiger charge is 2.30. The lowest BCUT2D eigenvalue weighted by molar-refractivity contribution is -0.117. The molecule has 1 amide bonds. The molecule has 0 bridgehead atoms. The number of pyridine rings is 2. The van der Waals surface area contributed by atoms with E-state index in [4.69, 9.17) is 17.3 Å². The number of hydrogen-bond donors (Lipinski definition) is 2. The summed E-state index contributed by atoms with van der Waals surface area (Å²) in [7, 11) is 2.61. The average molecular weight is 557 g/mol. The maximum atomic E-state index is 11.6. The summed E-state index contributed by atoms with van der Waals surface area (Å²) >= 11 is 5.04. The van der Waals surface area contributed by atoms with Gasteiger partial charge < -0.3 is 15.2 Å². The van der Waals surface area contributed by atoms with Gasteiger partial charge in [-0.2, -0.15) is 9.97 Å². The van der Waals surface area contributed by atoms with Crippen molar-refractivity contribution < 1.29 is 28.7 Å². The summed E-state index contributed by atoms with van der Waals surface area (Å²) in [6.45, 7) is 0. The van der Waals surface area contributed by atoms with Gasteiger partial charge in [-0.1, -0.05) is 12.1 Å². The van der Waals surface area contributed by atoms with Crippen LogP contribution in [0.3, 0.4) is 0 Å². The van der Waals surface area contributed by atoms with Crippen LogP contribution in [0.25, 0.3) is 11.3 Å². The van der Waals surface area contributed by atoms with Crippen LogP contribution < -0.4 is 11.1 Å². The normalized spacial score (nSPS) is 13.9. The molecule has 0 unspecified atom stereocenters. The third kappa shape index (κ3) is 6.84. The Morgan fingerprint density at radius 1 is 0.846 bits per heavy atom. The molecule has 2 aliphatic rings. The third-order valence-electron chi connectivity index (χ3n) is 5.61. The number of nitrogens with one attached hydrogen (secondary N) is 1. The second kappa shape index (κ2) is 11.9. The van der Waals surface area contributed by atoms with Crippen molar-refractivity contribution in [2.24, 2.45) is 11.8 Å². The Balaban J connectivity index is 0.000000154. The molecule has 4 aromatic heterocycles. The zero-order chi connectivity index (χ0) is 28.1. The van der Waals surface area contributed by atoms with Gasteiger partial charge in [-0.25, -0.2) is 18.6 Å². The zero-order valence-electron chi connectivity index (χ0n) is 21.0. The van der Waals surface area contributed by atoms with Crippen LogP contribution in [0.4, 0.5) is 11.9 Å². The third-order valence-corrected chi connectivity index (χ3v) is 5.92. The van der Waals surface area contributed by atoms with Crippen LogP contribution in [0.1, 0.15) is 46.7 Å². The number of ether oxygens (including phenoxy) is 2. The van der Waals surface area contributed by atoms with Gasteiger partial charge in [-0.15, -0.1) is 10.2 Å². The highest BCUT2D eigenvalue weighted by atomic mass is 35.5. The topological polar surface area (TPSA) is 185 Å². The van der Waals surface area contributed by atoms with E-state index in [0.717, 1.165) is 25.7 Å². The molecule has 2 aliphatic carbocycles. The van der Waals surface area contributed by atoms with E-state index in [9.17, 15) is 19.2 Å². The number of carbonyl (C=O) groups excluding carboxylic acids is 4. The number of fused-ring (bicyclic) bond motifs is 2. The number of hydrogen-bond acceptors (Lipinski definition) is 11. The minimum atomic E-state index is -0.504. The van der Waals surface area contributed by atoms with Gasteiger partial charge in [0.15, 0.2) is 22.7 Å². The Bertz CT molecular complexity index is 1540. The van der Waals surface area contributed by atoms with E-state index in [-0.39, 0.29) is 40.6 Å². The van der Waals surface area contributed by atoms with Gasteiger partial charge in [0.2, 0.25) is 23.0 Å². The lowest BCUT2D eigenvalue weighted by Gasteiger charge is -2.00. The number of aromatic nitrogens is 6. The number of anilines is 2. The van der Waals surface area contributed by atoms with Gasteiger partial charge in [-0.3, -0.25) is 14.9 Å². The van der Waals surface area contributed by atoms with E-state index in [2.05, 4.69) is 35.0 Å². The molecule has 39 heavy (non-hydrogen) atoms. The number of rotatable bonds is 5. The first-order valence-corrected chi connectivity index (χ1v) is 12.2. The van der Waals surface area contributed by atoms with Gasteiger partial charge in [0.05, 0.1) is 14.2 Å². The molecule has 0 radical (unpaired) electrons. The van der Waals surface area contributed by atoms with Crippen LogP contribution in [0.15, 0.2) is 36.4 Å². The highest BCUT2D eigenvalue weighted by molar-refractivity contribution is 6.64. The zero-order valence-corrected chi connectivity index (χ0v) is 21.8. The number of nitrogens with two attached hydrogens (primary N) is 1. The largest absolute Gasteiger partial charge is 0.464 e. The fourth-order valence-electron chi connectivity index (χ4n) is 3.27. The first-order valence-electron chi connectivity index (χ1n) is 11.9. The SMILES string of the molecule is COC(=O)c1cccc2nc(N)nn12.COC(=O)c1cccc2nc(NC(=O)C3CC3)nn12.O=C(Cl)C1CC1. The van der Waals surface area contributed by atoms with E-state index in [1.165, 1.54) is 23.3 Å². The molecular weight excluding hydrogens is 532 g/mol. The van der Waals surface area contributed by atoms with Gasteiger partial charge in [0.1, 0.15) is 0 Å². The van der Waals surface area contributed by atoms with E-state index < -0.39 is 11.9 Å². The number of esters is 2. The van der Waals surface area contributed by atoms with Gasteiger partial charge in [-0.05, 0) is 61.5 Å². The lowest BCUT2D eigenvalue weighted by atomic mass is 10.3. The number of amides is 1. The van der Waals surface area contributed by atoms with E-state index in [1.807, 2.05) is 0 Å². The predicted molar refractivity (Wildman–Crippen MR) is 138 cm³/mol. The number of nitrogens with zero attached hydrogens (tertiary/aromatic N) is 6. The first-order chi connectivity index (χ1) is 18.7.